The Hall–Kier alpha value is -2.27. The van der Waals surface area contributed by atoms with Crippen LogP contribution in [0.15, 0.2) is 35.1 Å². The van der Waals surface area contributed by atoms with E-state index in [1.165, 1.54) is 18.2 Å². The summed E-state index contributed by atoms with van der Waals surface area (Å²) in [7, 11) is 0. The third-order valence-corrected chi connectivity index (χ3v) is 3.39. The van der Waals surface area contributed by atoms with Crippen molar-refractivity contribution in [3.05, 3.63) is 51.8 Å². The molecular formula is C13H6BrF3N2O2. The van der Waals surface area contributed by atoms with Gasteiger partial charge in [0.2, 0.25) is 0 Å². The summed E-state index contributed by atoms with van der Waals surface area (Å²) in [6.07, 6.45) is -3.17. The van der Waals surface area contributed by atoms with Gasteiger partial charge in [0.05, 0.1) is 16.7 Å². The molecule has 0 aliphatic heterocycles. The zero-order valence-electron chi connectivity index (χ0n) is 10.1. The summed E-state index contributed by atoms with van der Waals surface area (Å²) in [5.41, 5.74) is -1.43. The molecule has 0 aliphatic carbocycles. The number of halogens is 4. The summed E-state index contributed by atoms with van der Waals surface area (Å²) in [6.45, 7) is 0. The number of hydrogen-bond acceptors (Lipinski definition) is 2. The Balaban J connectivity index is 2.58. The molecule has 0 fully saturated rings. The minimum Gasteiger partial charge on any atom is -0.478 e. The molecule has 21 heavy (non-hydrogen) atoms. The molecule has 0 aliphatic rings. The van der Waals surface area contributed by atoms with Crippen molar-refractivity contribution in [2.75, 3.05) is 0 Å². The minimum absolute atomic E-state index is 0.305. The van der Waals surface area contributed by atoms with Gasteiger partial charge in [-0.2, -0.15) is 18.4 Å². The van der Waals surface area contributed by atoms with Gasteiger partial charge in [-0.1, -0.05) is 0 Å². The second kappa shape index (κ2) is 5.26. The number of aromatic carboxylic acids is 1. The van der Waals surface area contributed by atoms with E-state index in [1.54, 1.807) is 0 Å². The fourth-order valence-corrected chi connectivity index (χ4v) is 2.21. The van der Waals surface area contributed by atoms with Crippen LogP contribution in [0.3, 0.4) is 0 Å². The van der Waals surface area contributed by atoms with Gasteiger partial charge in [0.25, 0.3) is 0 Å². The minimum atomic E-state index is -4.76. The molecule has 108 valence electrons. The summed E-state index contributed by atoms with van der Waals surface area (Å²) >= 11 is 3.12. The van der Waals surface area contributed by atoms with Gasteiger partial charge < -0.3 is 9.67 Å². The van der Waals surface area contributed by atoms with Gasteiger partial charge in [-0.05, 0) is 34.1 Å². The van der Waals surface area contributed by atoms with E-state index in [2.05, 4.69) is 15.9 Å². The molecular weight excluding hydrogens is 353 g/mol. The Labute approximate surface area is 125 Å². The molecule has 0 atom stereocenters. The quantitative estimate of drug-likeness (QED) is 0.886. The van der Waals surface area contributed by atoms with Crippen LogP contribution in [-0.2, 0) is 6.18 Å². The highest BCUT2D eigenvalue weighted by atomic mass is 79.9. The van der Waals surface area contributed by atoms with Crippen molar-refractivity contribution in [2.45, 2.75) is 6.18 Å². The molecule has 1 N–H and O–H groups in total. The monoisotopic (exact) mass is 358 g/mol. The fraction of sp³-hybridized carbons (Fsp3) is 0.0769. The highest BCUT2D eigenvalue weighted by Crippen LogP contribution is 2.34. The van der Waals surface area contributed by atoms with Crippen LogP contribution in [0.1, 0.15) is 21.5 Å². The lowest BCUT2D eigenvalue weighted by molar-refractivity contribution is -0.138. The van der Waals surface area contributed by atoms with E-state index < -0.39 is 23.3 Å². The third kappa shape index (κ3) is 2.92. The molecule has 0 spiro atoms. The van der Waals surface area contributed by atoms with E-state index >= 15 is 0 Å². The summed E-state index contributed by atoms with van der Waals surface area (Å²) < 4.78 is 39.9. The number of hydrogen-bond donors (Lipinski definition) is 1. The first-order chi connectivity index (χ1) is 9.74. The maximum absolute atomic E-state index is 12.8. The number of carbonyl (C=O) groups is 1. The van der Waals surface area contributed by atoms with Crippen LogP contribution >= 0.6 is 15.9 Å². The molecule has 2 aromatic rings. The molecule has 1 aromatic heterocycles. The van der Waals surface area contributed by atoms with Gasteiger partial charge in [0.1, 0.15) is 6.07 Å². The molecule has 8 heteroatoms. The number of nitrogens with zero attached hydrogens (tertiary/aromatic N) is 2. The highest BCUT2D eigenvalue weighted by Gasteiger charge is 2.37. The molecule has 0 amide bonds. The van der Waals surface area contributed by atoms with Crippen LogP contribution in [0, 0.1) is 11.3 Å². The predicted octanol–water partition coefficient (Wildman–Crippen LogP) is 3.83. The van der Waals surface area contributed by atoms with Crippen LogP contribution in [-0.4, -0.2) is 15.6 Å². The number of rotatable bonds is 2. The summed E-state index contributed by atoms with van der Waals surface area (Å²) in [4.78, 5) is 10.9. The first kappa shape index (κ1) is 15.1. The van der Waals surface area contributed by atoms with Crippen molar-refractivity contribution >= 4 is 21.9 Å². The van der Waals surface area contributed by atoms with E-state index in [1.807, 2.05) is 6.07 Å². The summed E-state index contributed by atoms with van der Waals surface area (Å²) in [5.74, 6) is -1.66. The average Bonchev–Trinajstić information content (AvgIpc) is 2.83. The Kier molecular flexibility index (Phi) is 3.78. The first-order valence-electron chi connectivity index (χ1n) is 5.46. The molecule has 0 saturated heterocycles. The number of alkyl halides is 3. The highest BCUT2D eigenvalue weighted by molar-refractivity contribution is 9.10. The molecule has 4 nitrogen and oxygen atoms in total. The van der Waals surface area contributed by atoms with Crippen LogP contribution in [0.5, 0.6) is 0 Å². The van der Waals surface area contributed by atoms with E-state index in [-0.39, 0.29) is 0 Å². The van der Waals surface area contributed by atoms with Crippen LogP contribution < -0.4 is 0 Å². The molecule has 0 saturated carbocycles. The lowest BCUT2D eigenvalue weighted by atomic mass is 10.2. The van der Waals surface area contributed by atoms with E-state index in [9.17, 15) is 18.0 Å². The SMILES string of the molecule is N#Cc1ccc(-n2cc(C(=O)O)c(C(F)(F)F)c2)cc1Br. The van der Waals surface area contributed by atoms with Crippen LogP contribution in [0.2, 0.25) is 0 Å². The number of benzene rings is 1. The zero-order valence-corrected chi connectivity index (χ0v) is 11.7. The molecule has 1 heterocycles. The molecule has 0 bridgehead atoms. The van der Waals surface area contributed by atoms with Gasteiger partial charge in [0, 0.05) is 22.6 Å². The smallest absolute Gasteiger partial charge is 0.418 e. The van der Waals surface area contributed by atoms with Gasteiger partial charge >= 0.3 is 12.1 Å². The van der Waals surface area contributed by atoms with Crippen molar-refractivity contribution in [3.63, 3.8) is 0 Å². The van der Waals surface area contributed by atoms with Crippen molar-refractivity contribution in [1.29, 1.82) is 5.26 Å². The van der Waals surface area contributed by atoms with Crippen molar-refractivity contribution < 1.29 is 23.1 Å². The Morgan fingerprint density at radius 3 is 2.43 bits per heavy atom. The van der Waals surface area contributed by atoms with Gasteiger partial charge in [-0.25, -0.2) is 4.79 Å². The second-order valence-corrected chi connectivity index (χ2v) is 4.93. The Morgan fingerprint density at radius 2 is 2.00 bits per heavy atom. The summed E-state index contributed by atoms with van der Waals surface area (Å²) in [5, 5.41) is 17.7. The average molecular weight is 359 g/mol. The maximum atomic E-state index is 12.8. The summed E-state index contributed by atoms with van der Waals surface area (Å²) in [6, 6.07) is 6.19. The Morgan fingerprint density at radius 1 is 1.33 bits per heavy atom. The van der Waals surface area contributed by atoms with Crippen molar-refractivity contribution in [3.8, 4) is 11.8 Å². The Bertz CT molecular complexity index is 760. The number of nitriles is 1. The van der Waals surface area contributed by atoms with Crippen LogP contribution in [0.25, 0.3) is 5.69 Å². The van der Waals surface area contributed by atoms with Crippen LogP contribution in [0.4, 0.5) is 13.2 Å². The number of carboxylic acids is 1. The molecule has 0 radical (unpaired) electrons. The first-order valence-corrected chi connectivity index (χ1v) is 6.26. The van der Waals surface area contributed by atoms with E-state index in [0.717, 1.165) is 10.8 Å². The lowest BCUT2D eigenvalue weighted by Crippen LogP contribution is -2.09. The number of aromatic nitrogens is 1. The fourth-order valence-electron chi connectivity index (χ4n) is 1.76. The lowest BCUT2D eigenvalue weighted by Gasteiger charge is -2.05. The normalized spacial score (nSPS) is 11.2. The van der Waals surface area contributed by atoms with Crippen molar-refractivity contribution in [2.24, 2.45) is 0 Å². The second-order valence-electron chi connectivity index (χ2n) is 4.07. The standard InChI is InChI=1S/C13H6BrF3N2O2/c14-11-3-8(2-1-7(11)4-18)19-5-9(12(20)21)10(6-19)13(15,16)17/h1-3,5-6H,(H,20,21). The van der Waals surface area contributed by atoms with E-state index in [0.29, 0.717) is 21.9 Å². The third-order valence-electron chi connectivity index (χ3n) is 2.73. The maximum Gasteiger partial charge on any atom is 0.418 e. The van der Waals surface area contributed by atoms with E-state index in [4.69, 9.17) is 10.4 Å². The topological polar surface area (TPSA) is 66.0 Å². The molecule has 0 unspecified atom stereocenters. The zero-order chi connectivity index (χ0) is 15.8. The van der Waals surface area contributed by atoms with Gasteiger partial charge in [-0.15, -0.1) is 0 Å². The molecule has 1 aromatic carbocycles. The number of carboxylic acid groups (broad SMARTS) is 1. The largest absolute Gasteiger partial charge is 0.478 e. The van der Waals surface area contributed by atoms with Gasteiger partial charge in [-0.3, -0.25) is 0 Å². The molecule has 2 rings (SSSR count). The van der Waals surface area contributed by atoms with Crippen molar-refractivity contribution in [1.82, 2.24) is 4.57 Å². The predicted molar refractivity (Wildman–Crippen MR) is 70.1 cm³/mol. The van der Waals surface area contributed by atoms with Gasteiger partial charge in [0.15, 0.2) is 0 Å².